The molecule has 2 aliphatic rings. The van der Waals surface area contributed by atoms with Crippen LogP contribution in [0.4, 0.5) is 10.1 Å². The average molecular weight is 255 g/mol. The smallest absolute Gasteiger partial charge is 0.241 e. The molecule has 1 aromatic rings. The Bertz CT molecular complexity index is 470. The predicted octanol–water partition coefficient (Wildman–Crippen LogP) is 2.17. The molecule has 1 aliphatic heterocycles. The first-order valence-corrected chi connectivity index (χ1v) is 6.04. The molecule has 90 valence electrons. The molecule has 1 aliphatic carbocycles. The van der Waals surface area contributed by atoms with Crippen molar-refractivity contribution in [1.82, 2.24) is 5.32 Å². The van der Waals surface area contributed by atoms with Crippen molar-refractivity contribution in [3.8, 4) is 0 Å². The molecule has 0 spiro atoms. The van der Waals surface area contributed by atoms with E-state index in [4.69, 9.17) is 11.6 Å². The molecule has 2 N–H and O–H groups in total. The Morgan fingerprint density at radius 3 is 3.00 bits per heavy atom. The fourth-order valence-electron chi connectivity index (χ4n) is 2.34. The standard InChI is InChI=1S/C12H12ClFN2O/c13-7-2-1-3-8(11(7)14)16-12(17)10-5-6-4-9(6)15-10/h1-3,6,9-10,15H,4-5H2,(H,16,17)/t6?,9-,10+/m1/s1. The summed E-state index contributed by atoms with van der Waals surface area (Å²) >= 11 is 5.65. The van der Waals surface area contributed by atoms with Crippen molar-refractivity contribution in [1.29, 1.82) is 0 Å². The van der Waals surface area contributed by atoms with Gasteiger partial charge in [-0.3, -0.25) is 4.79 Å². The van der Waals surface area contributed by atoms with Gasteiger partial charge in [0.25, 0.3) is 0 Å². The second-order valence-electron chi connectivity index (χ2n) is 4.65. The number of hydrogen-bond donors (Lipinski definition) is 2. The molecule has 0 aromatic heterocycles. The molecule has 2 fully saturated rings. The van der Waals surface area contributed by atoms with E-state index in [1.807, 2.05) is 0 Å². The summed E-state index contributed by atoms with van der Waals surface area (Å²) in [5, 5.41) is 5.81. The summed E-state index contributed by atoms with van der Waals surface area (Å²) in [7, 11) is 0. The molecule has 1 aromatic carbocycles. The molecule has 3 atom stereocenters. The van der Waals surface area contributed by atoms with Crippen LogP contribution in [0.3, 0.4) is 0 Å². The van der Waals surface area contributed by atoms with E-state index in [0.29, 0.717) is 12.0 Å². The molecule has 3 rings (SSSR count). The SMILES string of the molecule is O=C(Nc1cccc(Cl)c1F)[C@@H]1CC2C[C@H]2N1. The van der Waals surface area contributed by atoms with E-state index in [0.717, 1.165) is 12.8 Å². The quantitative estimate of drug-likeness (QED) is 0.849. The van der Waals surface area contributed by atoms with Crippen molar-refractivity contribution < 1.29 is 9.18 Å². The van der Waals surface area contributed by atoms with Crippen molar-refractivity contribution in [2.24, 2.45) is 5.92 Å². The van der Waals surface area contributed by atoms with Gasteiger partial charge in [-0.2, -0.15) is 0 Å². The number of hydrogen-bond acceptors (Lipinski definition) is 2. The fraction of sp³-hybridized carbons (Fsp3) is 0.417. The zero-order chi connectivity index (χ0) is 12.0. The summed E-state index contributed by atoms with van der Waals surface area (Å²) in [6.07, 6.45) is 2.01. The molecule has 1 unspecified atom stereocenters. The highest BCUT2D eigenvalue weighted by Crippen LogP contribution is 2.40. The molecule has 5 heteroatoms. The maximum atomic E-state index is 13.6. The molecule has 3 nitrogen and oxygen atoms in total. The minimum absolute atomic E-state index is 0.0185. The Hall–Kier alpha value is -1.13. The van der Waals surface area contributed by atoms with Gasteiger partial charge in [-0.05, 0) is 30.9 Å². The van der Waals surface area contributed by atoms with E-state index in [1.165, 1.54) is 12.1 Å². The Balaban J connectivity index is 1.69. The van der Waals surface area contributed by atoms with Crippen molar-refractivity contribution in [3.63, 3.8) is 0 Å². The zero-order valence-electron chi connectivity index (χ0n) is 9.04. The largest absolute Gasteiger partial charge is 0.322 e. The number of rotatable bonds is 2. The van der Waals surface area contributed by atoms with Crippen LogP contribution in [0.1, 0.15) is 12.8 Å². The molecule has 0 bridgehead atoms. The molecule has 17 heavy (non-hydrogen) atoms. The number of halogens is 2. The molecular formula is C12H12ClFN2O. The molecular weight excluding hydrogens is 243 g/mol. The van der Waals surface area contributed by atoms with E-state index in [9.17, 15) is 9.18 Å². The van der Waals surface area contributed by atoms with Crippen LogP contribution in [0.2, 0.25) is 5.02 Å². The number of anilines is 1. The first kappa shape index (κ1) is 11.0. The molecule has 1 amide bonds. The third-order valence-corrected chi connectivity index (χ3v) is 3.69. The normalized spacial score (nSPS) is 29.9. The Morgan fingerprint density at radius 2 is 2.29 bits per heavy atom. The summed E-state index contributed by atoms with van der Waals surface area (Å²) in [5.41, 5.74) is 0.143. The van der Waals surface area contributed by atoms with Crippen molar-refractivity contribution in [2.75, 3.05) is 5.32 Å². The van der Waals surface area contributed by atoms with Gasteiger partial charge in [-0.25, -0.2) is 4.39 Å². The van der Waals surface area contributed by atoms with Gasteiger partial charge in [0.05, 0.1) is 16.8 Å². The molecule has 1 heterocycles. The van der Waals surface area contributed by atoms with Gasteiger partial charge < -0.3 is 10.6 Å². The van der Waals surface area contributed by atoms with E-state index in [1.54, 1.807) is 6.07 Å². The maximum Gasteiger partial charge on any atom is 0.241 e. The van der Waals surface area contributed by atoms with Crippen LogP contribution < -0.4 is 10.6 Å². The average Bonchev–Trinajstić information content (AvgIpc) is 2.92. The minimum atomic E-state index is -0.578. The van der Waals surface area contributed by atoms with E-state index >= 15 is 0 Å². The lowest BCUT2D eigenvalue weighted by Crippen LogP contribution is -2.38. The van der Waals surface area contributed by atoms with Gasteiger partial charge in [0.1, 0.15) is 0 Å². The monoisotopic (exact) mass is 254 g/mol. The second kappa shape index (κ2) is 3.96. The molecule has 1 saturated carbocycles. The molecule has 1 saturated heterocycles. The number of nitrogens with one attached hydrogen (secondary N) is 2. The summed E-state index contributed by atoms with van der Waals surface area (Å²) < 4.78 is 13.6. The van der Waals surface area contributed by atoms with Crippen LogP contribution in [0, 0.1) is 11.7 Å². The third-order valence-electron chi connectivity index (χ3n) is 3.40. The lowest BCUT2D eigenvalue weighted by Gasteiger charge is -2.14. The van der Waals surface area contributed by atoms with Crippen LogP contribution in [-0.2, 0) is 4.79 Å². The highest BCUT2D eigenvalue weighted by Gasteiger charge is 2.47. The van der Waals surface area contributed by atoms with Crippen molar-refractivity contribution >= 4 is 23.2 Å². The van der Waals surface area contributed by atoms with Crippen LogP contribution in [0.15, 0.2) is 18.2 Å². The fourth-order valence-corrected chi connectivity index (χ4v) is 2.52. The van der Waals surface area contributed by atoms with Gasteiger partial charge in [0.15, 0.2) is 5.82 Å². The minimum Gasteiger partial charge on any atom is -0.322 e. The van der Waals surface area contributed by atoms with Gasteiger partial charge in [-0.15, -0.1) is 0 Å². The predicted molar refractivity (Wildman–Crippen MR) is 63.5 cm³/mol. The number of carbonyl (C=O) groups is 1. The summed E-state index contributed by atoms with van der Waals surface area (Å²) in [6, 6.07) is 4.87. The second-order valence-corrected chi connectivity index (χ2v) is 5.06. The van der Waals surface area contributed by atoms with Crippen molar-refractivity contribution in [3.05, 3.63) is 29.0 Å². The highest BCUT2D eigenvalue weighted by molar-refractivity contribution is 6.31. The lowest BCUT2D eigenvalue weighted by molar-refractivity contribution is -0.118. The van der Waals surface area contributed by atoms with E-state index in [2.05, 4.69) is 10.6 Å². The maximum absolute atomic E-state index is 13.6. The van der Waals surface area contributed by atoms with Crippen LogP contribution in [0.5, 0.6) is 0 Å². The van der Waals surface area contributed by atoms with E-state index < -0.39 is 5.82 Å². The van der Waals surface area contributed by atoms with Crippen LogP contribution in [-0.4, -0.2) is 18.0 Å². The zero-order valence-corrected chi connectivity index (χ0v) is 9.80. The number of carbonyl (C=O) groups excluding carboxylic acids is 1. The van der Waals surface area contributed by atoms with Gasteiger partial charge in [0.2, 0.25) is 5.91 Å². The Kier molecular flexibility index (Phi) is 2.56. The van der Waals surface area contributed by atoms with Gasteiger partial charge >= 0.3 is 0 Å². The number of benzene rings is 1. The summed E-state index contributed by atoms with van der Waals surface area (Å²) in [6.45, 7) is 0. The Labute approximate surface area is 103 Å². The first-order valence-electron chi connectivity index (χ1n) is 5.66. The van der Waals surface area contributed by atoms with Crippen molar-refractivity contribution in [2.45, 2.75) is 24.9 Å². The van der Waals surface area contributed by atoms with Gasteiger partial charge in [0, 0.05) is 6.04 Å². The topological polar surface area (TPSA) is 41.1 Å². The lowest BCUT2D eigenvalue weighted by atomic mass is 10.1. The highest BCUT2D eigenvalue weighted by atomic mass is 35.5. The number of amides is 1. The summed E-state index contributed by atoms with van der Waals surface area (Å²) in [4.78, 5) is 11.9. The third kappa shape index (κ3) is 2.03. The van der Waals surface area contributed by atoms with Crippen LogP contribution in [0.25, 0.3) is 0 Å². The van der Waals surface area contributed by atoms with Gasteiger partial charge in [-0.1, -0.05) is 17.7 Å². The number of piperidine rings is 1. The number of fused-ring (bicyclic) bond motifs is 1. The van der Waals surface area contributed by atoms with E-state index in [-0.39, 0.29) is 22.7 Å². The molecule has 0 radical (unpaired) electrons. The van der Waals surface area contributed by atoms with Crippen LogP contribution >= 0.6 is 11.6 Å². The Morgan fingerprint density at radius 1 is 1.47 bits per heavy atom. The first-order chi connectivity index (χ1) is 8.15. The summed E-state index contributed by atoms with van der Waals surface area (Å²) in [5.74, 6) is -0.126.